The summed E-state index contributed by atoms with van der Waals surface area (Å²) in [5, 5.41) is 6.34. The predicted molar refractivity (Wildman–Crippen MR) is 224 cm³/mol. The number of para-hydroxylation sites is 1. The molecule has 0 spiro atoms. The number of anilines is 1. The minimum atomic E-state index is -3.93. The van der Waals surface area contributed by atoms with Crippen molar-refractivity contribution >= 4 is 50.3 Å². The summed E-state index contributed by atoms with van der Waals surface area (Å²) in [4.78, 5) is 64.4. The van der Waals surface area contributed by atoms with E-state index in [1.165, 1.54) is 11.0 Å². The molecule has 1 aliphatic heterocycles. The van der Waals surface area contributed by atoms with Crippen LogP contribution in [-0.2, 0) is 29.1 Å². The van der Waals surface area contributed by atoms with Crippen LogP contribution in [0, 0.1) is 11.3 Å². The molecule has 3 aromatic rings. The van der Waals surface area contributed by atoms with E-state index in [0.29, 0.717) is 29.7 Å². The predicted octanol–water partition coefficient (Wildman–Crippen LogP) is 4.93. The van der Waals surface area contributed by atoms with Crippen molar-refractivity contribution in [2.75, 3.05) is 32.6 Å². The van der Waals surface area contributed by atoms with E-state index < -0.39 is 79.7 Å². The Kier molecular flexibility index (Phi) is 11.7. The number of ether oxygens (including phenoxy) is 3. The Labute approximate surface area is 346 Å². The van der Waals surface area contributed by atoms with Crippen molar-refractivity contribution in [1.82, 2.24) is 25.2 Å². The number of carbonyl (C=O) groups is 4. The van der Waals surface area contributed by atoms with Gasteiger partial charge in [-0.05, 0) is 81.2 Å². The molecule has 5 atom stereocenters. The van der Waals surface area contributed by atoms with Crippen LogP contribution < -0.4 is 29.7 Å². The molecule has 3 fully saturated rings. The van der Waals surface area contributed by atoms with Gasteiger partial charge in [-0.25, -0.2) is 18.2 Å². The van der Waals surface area contributed by atoms with E-state index in [4.69, 9.17) is 19.2 Å². The van der Waals surface area contributed by atoms with Gasteiger partial charge in [0.05, 0.1) is 24.6 Å². The van der Waals surface area contributed by atoms with Crippen molar-refractivity contribution in [3.63, 3.8) is 0 Å². The number of nitrogens with one attached hydrogen (secondary N) is 3. The number of benzene rings is 2. The molecule has 2 heterocycles. The molecule has 6 rings (SSSR count). The number of sulfonamides is 1. The highest BCUT2D eigenvalue weighted by Crippen LogP contribution is 2.46. The molecule has 2 aliphatic carbocycles. The van der Waals surface area contributed by atoms with E-state index in [9.17, 15) is 27.6 Å². The molecule has 318 valence electrons. The number of alkyl carbamates (subject to hydrolysis) is 1. The second-order valence-corrected chi connectivity index (χ2v) is 19.9. The van der Waals surface area contributed by atoms with Gasteiger partial charge in [-0.3, -0.25) is 19.1 Å². The van der Waals surface area contributed by atoms with Crippen LogP contribution in [0.25, 0.3) is 22.0 Å². The second-order valence-electron chi connectivity index (χ2n) is 17.9. The van der Waals surface area contributed by atoms with Gasteiger partial charge in [0.25, 0.3) is 5.91 Å². The Morgan fingerprint density at radius 1 is 1.03 bits per heavy atom. The molecule has 1 aromatic heterocycles. The van der Waals surface area contributed by atoms with E-state index >= 15 is 0 Å². The third kappa shape index (κ3) is 9.42. The molecule has 1 saturated heterocycles. The first-order valence-corrected chi connectivity index (χ1v) is 21.3. The number of hydrogen-bond donors (Lipinski definition) is 3. The third-order valence-electron chi connectivity index (χ3n) is 10.8. The van der Waals surface area contributed by atoms with Crippen LogP contribution in [0.1, 0.15) is 67.2 Å². The van der Waals surface area contributed by atoms with E-state index in [0.717, 1.165) is 16.6 Å². The van der Waals surface area contributed by atoms with Gasteiger partial charge in [0.15, 0.2) is 0 Å². The summed E-state index contributed by atoms with van der Waals surface area (Å²) in [7, 11) is 1.54. The van der Waals surface area contributed by atoms with Gasteiger partial charge in [0.2, 0.25) is 27.7 Å². The summed E-state index contributed by atoms with van der Waals surface area (Å²) in [6, 6.07) is 12.9. The Hall–Kier alpha value is -5.38. The summed E-state index contributed by atoms with van der Waals surface area (Å²) in [6.07, 6.45) is 0.906. The molecule has 59 heavy (non-hydrogen) atoms. The highest BCUT2D eigenvalue weighted by Gasteiger charge is 2.62. The number of pyridine rings is 1. The molecule has 3 aliphatic rings. The van der Waals surface area contributed by atoms with Gasteiger partial charge in [-0.2, -0.15) is 0 Å². The van der Waals surface area contributed by atoms with E-state index in [1.54, 1.807) is 54.7 Å². The quantitative estimate of drug-likeness (QED) is 0.198. The average Bonchev–Trinajstić information content (AvgIpc) is 4.08. The number of rotatable bonds is 13. The van der Waals surface area contributed by atoms with Crippen molar-refractivity contribution < 1.29 is 41.8 Å². The maximum atomic E-state index is 14.7. The van der Waals surface area contributed by atoms with Crippen molar-refractivity contribution in [3.8, 4) is 22.9 Å². The van der Waals surface area contributed by atoms with E-state index in [2.05, 4.69) is 21.9 Å². The lowest BCUT2D eigenvalue weighted by Gasteiger charge is -2.36. The minimum absolute atomic E-state index is 0.0183. The first kappa shape index (κ1) is 43.2. The molecular formula is C43H56N6O9S. The smallest absolute Gasteiger partial charge is 0.408 e. The molecule has 15 nitrogen and oxygen atoms in total. The summed E-state index contributed by atoms with van der Waals surface area (Å²) < 4.78 is 45.6. The lowest BCUT2D eigenvalue weighted by molar-refractivity contribution is -0.143. The van der Waals surface area contributed by atoms with Crippen LogP contribution in [0.5, 0.6) is 11.6 Å². The SMILES string of the molecule is C=CC1CC1(NC(=O)C1CC(Oc2nc(-c3ccccc3N(C)C)cc3cc(OC)ccc23)CN1C(=O)C(NC(=O)OC(C)(C)C)C(C)(C)C)C(=O)NS(=O)(=O)C1CC1. The summed E-state index contributed by atoms with van der Waals surface area (Å²) in [5.41, 5.74) is -0.881. The number of carbonyl (C=O) groups excluding carboxylic acids is 4. The maximum Gasteiger partial charge on any atom is 0.408 e. The molecule has 0 bridgehead atoms. The zero-order valence-corrected chi connectivity index (χ0v) is 36.1. The zero-order valence-electron chi connectivity index (χ0n) is 35.2. The van der Waals surface area contributed by atoms with Gasteiger partial charge in [-0.15, -0.1) is 6.58 Å². The van der Waals surface area contributed by atoms with Crippen molar-refractivity contribution in [1.29, 1.82) is 0 Å². The summed E-state index contributed by atoms with van der Waals surface area (Å²) in [6.45, 7) is 14.2. The average molecular weight is 833 g/mol. The van der Waals surface area contributed by atoms with Crippen molar-refractivity contribution in [3.05, 3.63) is 61.2 Å². The fourth-order valence-corrected chi connectivity index (χ4v) is 8.79. The number of methoxy groups -OCH3 is 1. The topological polar surface area (TPSA) is 186 Å². The van der Waals surface area contributed by atoms with Gasteiger partial charge >= 0.3 is 6.09 Å². The van der Waals surface area contributed by atoms with E-state index in [1.807, 2.05) is 61.5 Å². The summed E-state index contributed by atoms with van der Waals surface area (Å²) in [5.74, 6) is -1.77. The summed E-state index contributed by atoms with van der Waals surface area (Å²) >= 11 is 0. The van der Waals surface area contributed by atoms with Crippen LogP contribution in [-0.4, -0.2) is 104 Å². The van der Waals surface area contributed by atoms with Crippen LogP contribution >= 0.6 is 0 Å². The third-order valence-corrected chi connectivity index (χ3v) is 12.6. The van der Waals surface area contributed by atoms with Gasteiger partial charge in [0, 0.05) is 43.1 Å². The minimum Gasteiger partial charge on any atom is -0.497 e. The molecule has 2 aromatic carbocycles. The fourth-order valence-electron chi connectivity index (χ4n) is 7.43. The lowest BCUT2D eigenvalue weighted by Crippen LogP contribution is -2.60. The standard InChI is InChI=1S/C43H56N6O9S/c1-11-26-23-43(26,39(52)47-59(54,55)29-17-18-29)46-36(50)34-22-28(24-49(34)38(51)35(41(2,3)4)45-40(53)58-42(5,6)7)57-37-30-19-16-27(56-10)20-25(30)21-32(44-37)31-14-12-13-15-33(31)48(8)9/h11-16,19-21,26,28-29,34-35H,1,17-18,22-24H2,2-10H3,(H,45,53)(H,46,50)(H,47,52). The molecule has 3 N–H and O–H groups in total. The van der Waals surface area contributed by atoms with Crippen LogP contribution in [0.2, 0.25) is 0 Å². The van der Waals surface area contributed by atoms with Gasteiger partial charge in [0.1, 0.15) is 35.1 Å². The highest BCUT2D eigenvalue weighted by molar-refractivity contribution is 7.91. The number of likely N-dealkylation sites (tertiary alicyclic amines) is 1. The Balaban J connectivity index is 1.37. The number of aromatic nitrogens is 1. The molecule has 0 radical (unpaired) electrons. The van der Waals surface area contributed by atoms with Crippen LogP contribution in [0.3, 0.4) is 0 Å². The fraction of sp³-hybridized carbons (Fsp3) is 0.512. The maximum absolute atomic E-state index is 14.7. The first-order valence-electron chi connectivity index (χ1n) is 19.8. The zero-order chi connectivity index (χ0) is 43.2. The van der Waals surface area contributed by atoms with Gasteiger partial charge in [-0.1, -0.05) is 45.0 Å². The van der Waals surface area contributed by atoms with E-state index in [-0.39, 0.29) is 25.3 Å². The Morgan fingerprint density at radius 3 is 2.32 bits per heavy atom. The number of fused-ring (bicyclic) bond motifs is 1. The van der Waals surface area contributed by atoms with Crippen LogP contribution in [0.4, 0.5) is 10.5 Å². The Morgan fingerprint density at radius 2 is 1.73 bits per heavy atom. The lowest BCUT2D eigenvalue weighted by atomic mass is 9.85. The molecule has 5 unspecified atom stereocenters. The first-order chi connectivity index (χ1) is 27.6. The molecule has 16 heteroatoms. The largest absolute Gasteiger partial charge is 0.497 e. The molecular weight excluding hydrogens is 777 g/mol. The number of nitrogens with zero attached hydrogens (tertiary/aromatic N) is 3. The molecule has 4 amide bonds. The van der Waals surface area contributed by atoms with Crippen molar-refractivity contribution in [2.45, 2.75) is 102 Å². The number of hydrogen-bond acceptors (Lipinski definition) is 11. The van der Waals surface area contributed by atoms with Crippen LogP contribution in [0.15, 0.2) is 61.2 Å². The second kappa shape index (κ2) is 16.0. The molecule has 2 saturated carbocycles. The highest BCUT2D eigenvalue weighted by atomic mass is 32.2. The van der Waals surface area contributed by atoms with Crippen molar-refractivity contribution in [2.24, 2.45) is 11.3 Å². The number of amides is 4. The normalized spacial score (nSPS) is 22.2. The van der Waals surface area contributed by atoms with Gasteiger partial charge < -0.3 is 34.6 Å². The Bertz CT molecular complexity index is 2260. The monoisotopic (exact) mass is 832 g/mol.